The maximum absolute atomic E-state index is 12.5. The van der Waals surface area contributed by atoms with Crippen LogP contribution in [0.4, 0.5) is 4.79 Å². The van der Waals surface area contributed by atoms with Gasteiger partial charge in [-0.2, -0.15) is 0 Å². The van der Waals surface area contributed by atoms with Crippen LogP contribution in [0.2, 0.25) is 10.0 Å². The third-order valence-electron chi connectivity index (χ3n) is 3.47. The van der Waals surface area contributed by atoms with Crippen LogP contribution in [-0.2, 0) is 11.3 Å². The molecule has 1 fully saturated rings. The molecule has 1 aliphatic heterocycles. The van der Waals surface area contributed by atoms with Gasteiger partial charge in [-0.25, -0.2) is 0 Å². The maximum atomic E-state index is 12.5. The number of imide groups is 1. The smallest absolute Gasteiger partial charge is 0.293 e. The minimum atomic E-state index is -0.403. The van der Waals surface area contributed by atoms with E-state index in [4.69, 9.17) is 23.2 Å². The summed E-state index contributed by atoms with van der Waals surface area (Å²) in [6, 6.07) is 10.0. The van der Waals surface area contributed by atoms with Gasteiger partial charge in [-0.1, -0.05) is 29.3 Å². The van der Waals surface area contributed by atoms with E-state index in [0.717, 1.165) is 20.2 Å². The molecule has 0 unspecified atom stereocenters. The van der Waals surface area contributed by atoms with Gasteiger partial charge in [-0.3, -0.25) is 14.5 Å². The molecule has 3 rings (SSSR count). The van der Waals surface area contributed by atoms with Crippen LogP contribution in [0.25, 0.3) is 6.08 Å². The first-order valence-corrected chi connectivity index (χ1v) is 9.68. The molecule has 25 heavy (non-hydrogen) atoms. The summed E-state index contributed by atoms with van der Waals surface area (Å²) in [6.45, 7) is 0.108. The SMILES string of the molecule is O=C1S/C(=C\c2cc(I)ccc2O)C(=O)N1Cc1ccc(Cl)c(Cl)c1. The van der Waals surface area contributed by atoms with Gasteiger partial charge in [0.05, 0.1) is 21.5 Å². The second-order valence-corrected chi connectivity index (χ2v) is 8.27. The molecule has 1 N–H and O–H groups in total. The summed E-state index contributed by atoms with van der Waals surface area (Å²) in [4.78, 5) is 26.1. The molecule has 1 heterocycles. The van der Waals surface area contributed by atoms with Crippen LogP contribution in [-0.4, -0.2) is 21.2 Å². The molecule has 0 atom stereocenters. The molecule has 0 saturated carbocycles. The molecule has 1 aliphatic rings. The molecular formula is C17H10Cl2INO3S. The molecule has 8 heteroatoms. The van der Waals surface area contributed by atoms with Gasteiger partial charge >= 0.3 is 0 Å². The Labute approximate surface area is 171 Å². The van der Waals surface area contributed by atoms with E-state index in [9.17, 15) is 14.7 Å². The van der Waals surface area contributed by atoms with Crippen LogP contribution in [0.3, 0.4) is 0 Å². The number of halogens is 3. The summed E-state index contributed by atoms with van der Waals surface area (Å²) in [5, 5.41) is 10.3. The Morgan fingerprint density at radius 2 is 1.88 bits per heavy atom. The van der Waals surface area contributed by atoms with Gasteiger partial charge in [0, 0.05) is 9.13 Å². The number of thioether (sulfide) groups is 1. The molecule has 0 bridgehead atoms. The van der Waals surface area contributed by atoms with Crippen molar-refractivity contribution in [3.63, 3.8) is 0 Å². The van der Waals surface area contributed by atoms with E-state index in [1.165, 1.54) is 6.08 Å². The average Bonchev–Trinajstić information content (AvgIpc) is 2.82. The number of carbonyl (C=O) groups excluding carboxylic acids is 2. The first-order chi connectivity index (χ1) is 11.8. The second-order valence-electron chi connectivity index (χ2n) is 5.22. The van der Waals surface area contributed by atoms with Gasteiger partial charge in [-0.05, 0) is 76.3 Å². The lowest BCUT2D eigenvalue weighted by Gasteiger charge is -2.13. The molecule has 2 aromatic carbocycles. The molecule has 128 valence electrons. The van der Waals surface area contributed by atoms with Crippen LogP contribution in [0.5, 0.6) is 5.75 Å². The predicted octanol–water partition coefficient (Wildman–Crippen LogP) is 5.54. The Balaban J connectivity index is 1.85. The first kappa shape index (κ1) is 18.6. The Morgan fingerprint density at radius 3 is 2.60 bits per heavy atom. The summed E-state index contributed by atoms with van der Waals surface area (Å²) in [5.74, 6) is -0.351. The average molecular weight is 506 g/mol. The number of phenols is 1. The number of aromatic hydroxyl groups is 1. The zero-order valence-corrected chi connectivity index (χ0v) is 17.0. The van der Waals surface area contributed by atoms with E-state index in [2.05, 4.69) is 22.6 Å². The Kier molecular flexibility index (Phi) is 5.62. The largest absolute Gasteiger partial charge is 0.507 e. The normalized spacial score (nSPS) is 16.1. The Morgan fingerprint density at radius 1 is 1.12 bits per heavy atom. The van der Waals surface area contributed by atoms with Crippen molar-refractivity contribution in [2.24, 2.45) is 0 Å². The van der Waals surface area contributed by atoms with Gasteiger partial charge in [0.25, 0.3) is 11.1 Å². The lowest BCUT2D eigenvalue weighted by molar-refractivity contribution is -0.123. The Bertz CT molecular complexity index is 917. The minimum absolute atomic E-state index is 0.0525. The molecule has 2 aromatic rings. The third kappa shape index (κ3) is 4.13. The fraction of sp³-hybridized carbons (Fsp3) is 0.0588. The van der Waals surface area contributed by atoms with Crippen molar-refractivity contribution in [1.29, 1.82) is 0 Å². The Hall–Kier alpha value is -1.22. The molecule has 0 radical (unpaired) electrons. The van der Waals surface area contributed by atoms with Crippen molar-refractivity contribution in [2.75, 3.05) is 0 Å². The fourth-order valence-electron chi connectivity index (χ4n) is 2.24. The molecule has 1 saturated heterocycles. The number of carbonyl (C=O) groups is 2. The molecular weight excluding hydrogens is 496 g/mol. The van der Waals surface area contributed by atoms with Crippen LogP contribution >= 0.6 is 57.6 Å². The van der Waals surface area contributed by atoms with Crippen molar-refractivity contribution < 1.29 is 14.7 Å². The minimum Gasteiger partial charge on any atom is -0.507 e. The quantitative estimate of drug-likeness (QED) is 0.439. The van der Waals surface area contributed by atoms with Crippen LogP contribution < -0.4 is 0 Å². The van der Waals surface area contributed by atoms with Gasteiger partial charge in [0.2, 0.25) is 0 Å². The van der Waals surface area contributed by atoms with E-state index in [1.54, 1.807) is 36.4 Å². The van der Waals surface area contributed by atoms with Gasteiger partial charge < -0.3 is 5.11 Å². The molecule has 0 aliphatic carbocycles. The van der Waals surface area contributed by atoms with E-state index >= 15 is 0 Å². The number of amides is 2. The number of hydrogen-bond donors (Lipinski definition) is 1. The van der Waals surface area contributed by atoms with Crippen LogP contribution in [0, 0.1) is 3.57 Å². The molecule has 2 amide bonds. The molecule has 0 aromatic heterocycles. The highest BCUT2D eigenvalue weighted by atomic mass is 127. The highest BCUT2D eigenvalue weighted by Gasteiger charge is 2.35. The van der Waals surface area contributed by atoms with E-state index < -0.39 is 5.91 Å². The third-order valence-corrected chi connectivity index (χ3v) is 5.79. The zero-order valence-electron chi connectivity index (χ0n) is 12.5. The maximum Gasteiger partial charge on any atom is 0.293 e. The van der Waals surface area contributed by atoms with E-state index in [-0.39, 0.29) is 22.4 Å². The second kappa shape index (κ2) is 7.57. The first-order valence-electron chi connectivity index (χ1n) is 7.03. The van der Waals surface area contributed by atoms with E-state index in [1.807, 2.05) is 0 Å². The highest BCUT2D eigenvalue weighted by Crippen LogP contribution is 2.35. The summed E-state index contributed by atoms with van der Waals surface area (Å²) in [7, 11) is 0. The van der Waals surface area contributed by atoms with Gasteiger partial charge in [0.15, 0.2) is 0 Å². The zero-order chi connectivity index (χ0) is 18.1. The number of benzene rings is 2. The lowest BCUT2D eigenvalue weighted by Crippen LogP contribution is -2.27. The predicted molar refractivity (Wildman–Crippen MR) is 109 cm³/mol. The summed E-state index contributed by atoms with van der Waals surface area (Å²) in [6.07, 6.45) is 1.53. The van der Waals surface area contributed by atoms with Crippen LogP contribution in [0.15, 0.2) is 41.3 Å². The van der Waals surface area contributed by atoms with Crippen molar-refractivity contribution in [2.45, 2.75) is 6.54 Å². The van der Waals surface area contributed by atoms with Crippen molar-refractivity contribution >= 4 is 74.8 Å². The van der Waals surface area contributed by atoms with Gasteiger partial charge in [0.1, 0.15) is 5.75 Å². The topological polar surface area (TPSA) is 57.6 Å². The van der Waals surface area contributed by atoms with E-state index in [0.29, 0.717) is 21.2 Å². The summed E-state index contributed by atoms with van der Waals surface area (Å²) in [5.41, 5.74) is 1.20. The summed E-state index contributed by atoms with van der Waals surface area (Å²) < 4.78 is 0.914. The lowest BCUT2D eigenvalue weighted by atomic mass is 10.2. The summed E-state index contributed by atoms with van der Waals surface area (Å²) >= 11 is 14.8. The number of rotatable bonds is 3. The highest BCUT2D eigenvalue weighted by molar-refractivity contribution is 14.1. The van der Waals surface area contributed by atoms with Crippen molar-refractivity contribution in [1.82, 2.24) is 4.90 Å². The number of hydrogen-bond acceptors (Lipinski definition) is 4. The molecule has 0 spiro atoms. The molecule has 4 nitrogen and oxygen atoms in total. The van der Waals surface area contributed by atoms with Crippen molar-refractivity contribution in [3.8, 4) is 5.75 Å². The van der Waals surface area contributed by atoms with Gasteiger partial charge in [-0.15, -0.1) is 0 Å². The van der Waals surface area contributed by atoms with Crippen LogP contribution in [0.1, 0.15) is 11.1 Å². The standard InChI is InChI=1S/C17H10Cl2INO3S/c18-12-3-1-9(5-13(12)19)8-21-16(23)15(25-17(21)24)7-10-6-11(20)2-4-14(10)22/h1-7,22H,8H2/b15-7-. The fourth-order valence-corrected chi connectivity index (χ4v) is 3.90. The van der Waals surface area contributed by atoms with Crippen molar-refractivity contribution in [3.05, 3.63) is 66.0 Å². The number of phenolic OH excluding ortho intramolecular Hbond substituents is 1. The monoisotopic (exact) mass is 505 g/mol. The number of nitrogens with zero attached hydrogens (tertiary/aromatic N) is 1.